The van der Waals surface area contributed by atoms with E-state index in [1.54, 1.807) is 9.58 Å². The van der Waals surface area contributed by atoms with E-state index >= 15 is 0 Å². The van der Waals surface area contributed by atoms with Gasteiger partial charge in [0.2, 0.25) is 0 Å². The average molecular weight is 378 g/mol. The van der Waals surface area contributed by atoms with Crippen LogP contribution in [0.1, 0.15) is 46.1 Å². The first-order chi connectivity index (χ1) is 13.6. The first-order valence-corrected chi connectivity index (χ1v) is 9.36. The number of carbonyl (C=O) groups is 1. The van der Waals surface area contributed by atoms with Gasteiger partial charge in [0.25, 0.3) is 11.5 Å². The SMILES string of the molecule is Cc1cccc([C@H]2CCCN(C(=O)c3cnc(Cn4cncn4)[nH]c3=O)C2)c1. The summed E-state index contributed by atoms with van der Waals surface area (Å²) in [6, 6.07) is 8.40. The number of H-pyrrole nitrogens is 1. The van der Waals surface area contributed by atoms with Crippen LogP contribution >= 0.6 is 0 Å². The van der Waals surface area contributed by atoms with Crippen LogP contribution in [0.2, 0.25) is 0 Å². The van der Waals surface area contributed by atoms with Crippen molar-refractivity contribution in [3.8, 4) is 0 Å². The van der Waals surface area contributed by atoms with Gasteiger partial charge in [0.05, 0.1) is 0 Å². The quantitative estimate of drug-likeness (QED) is 0.746. The fraction of sp³-hybridized carbons (Fsp3) is 0.350. The molecule has 2 aromatic heterocycles. The van der Waals surface area contributed by atoms with Crippen molar-refractivity contribution >= 4 is 5.91 Å². The highest BCUT2D eigenvalue weighted by atomic mass is 16.2. The summed E-state index contributed by atoms with van der Waals surface area (Å²) in [6.45, 7) is 3.63. The number of rotatable bonds is 4. The maximum atomic E-state index is 12.9. The molecule has 8 nitrogen and oxygen atoms in total. The van der Waals surface area contributed by atoms with Crippen molar-refractivity contribution in [2.45, 2.75) is 32.2 Å². The molecule has 0 aliphatic carbocycles. The Kier molecular flexibility index (Phi) is 5.01. The summed E-state index contributed by atoms with van der Waals surface area (Å²) in [4.78, 5) is 37.9. The summed E-state index contributed by atoms with van der Waals surface area (Å²) in [5, 5.41) is 3.98. The number of hydrogen-bond acceptors (Lipinski definition) is 5. The van der Waals surface area contributed by atoms with E-state index in [4.69, 9.17) is 0 Å². The molecule has 28 heavy (non-hydrogen) atoms. The Balaban J connectivity index is 1.49. The zero-order valence-corrected chi connectivity index (χ0v) is 15.7. The lowest BCUT2D eigenvalue weighted by atomic mass is 9.89. The van der Waals surface area contributed by atoms with Crippen LogP contribution in [0.5, 0.6) is 0 Å². The minimum Gasteiger partial charge on any atom is -0.338 e. The highest BCUT2D eigenvalue weighted by Crippen LogP contribution is 2.27. The Labute approximate surface area is 162 Å². The van der Waals surface area contributed by atoms with Gasteiger partial charge in [-0.25, -0.2) is 14.6 Å². The molecule has 1 aromatic carbocycles. The second-order valence-electron chi connectivity index (χ2n) is 7.17. The summed E-state index contributed by atoms with van der Waals surface area (Å²) in [6.07, 6.45) is 6.28. The molecule has 4 rings (SSSR count). The molecular weight excluding hydrogens is 356 g/mol. The van der Waals surface area contributed by atoms with Crippen molar-refractivity contribution < 1.29 is 4.79 Å². The van der Waals surface area contributed by atoms with E-state index in [2.05, 4.69) is 45.2 Å². The lowest BCUT2D eigenvalue weighted by Gasteiger charge is -2.33. The Morgan fingerprint density at radius 3 is 3.00 bits per heavy atom. The fourth-order valence-corrected chi connectivity index (χ4v) is 3.66. The first-order valence-electron chi connectivity index (χ1n) is 9.36. The van der Waals surface area contributed by atoms with E-state index in [1.165, 1.54) is 30.0 Å². The van der Waals surface area contributed by atoms with Gasteiger partial charge in [0.15, 0.2) is 0 Å². The number of nitrogens with zero attached hydrogens (tertiary/aromatic N) is 5. The monoisotopic (exact) mass is 378 g/mol. The number of amides is 1. The summed E-state index contributed by atoms with van der Waals surface area (Å²) < 4.78 is 1.55. The molecule has 8 heteroatoms. The van der Waals surface area contributed by atoms with Gasteiger partial charge >= 0.3 is 0 Å². The van der Waals surface area contributed by atoms with Crippen molar-refractivity contribution in [1.29, 1.82) is 0 Å². The van der Waals surface area contributed by atoms with E-state index < -0.39 is 5.56 Å². The first kappa shape index (κ1) is 18.1. The number of aromatic nitrogens is 5. The second kappa shape index (κ2) is 7.75. The van der Waals surface area contributed by atoms with E-state index in [1.807, 2.05) is 6.07 Å². The third kappa shape index (κ3) is 3.85. The molecule has 0 spiro atoms. The maximum Gasteiger partial charge on any atom is 0.263 e. The lowest BCUT2D eigenvalue weighted by molar-refractivity contribution is 0.0704. The number of piperidine rings is 1. The maximum absolute atomic E-state index is 12.9. The average Bonchev–Trinajstić information content (AvgIpc) is 3.21. The van der Waals surface area contributed by atoms with E-state index in [9.17, 15) is 9.59 Å². The molecule has 1 N–H and O–H groups in total. The minimum atomic E-state index is -0.423. The molecule has 1 aliphatic rings. The molecule has 1 fully saturated rings. The van der Waals surface area contributed by atoms with Crippen molar-refractivity contribution in [2.24, 2.45) is 0 Å². The molecule has 1 aliphatic heterocycles. The highest BCUT2D eigenvalue weighted by molar-refractivity contribution is 5.93. The Bertz CT molecular complexity index is 1030. The molecule has 1 atom stereocenters. The zero-order chi connectivity index (χ0) is 19.5. The van der Waals surface area contributed by atoms with Crippen LogP contribution in [0.3, 0.4) is 0 Å². The largest absolute Gasteiger partial charge is 0.338 e. The second-order valence-corrected chi connectivity index (χ2v) is 7.17. The molecule has 0 unspecified atom stereocenters. The molecule has 1 amide bonds. The van der Waals surface area contributed by atoms with Gasteiger partial charge in [-0.1, -0.05) is 29.8 Å². The standard InChI is InChI=1S/C20H22N6O2/c1-14-4-2-5-15(8-14)16-6-3-7-25(10-16)20(28)17-9-22-18(24-19(17)27)11-26-13-21-12-23-26/h2,4-5,8-9,12-13,16H,3,6-7,10-11H2,1H3,(H,22,24,27)/t16-/m0/s1. The number of carbonyl (C=O) groups excluding carboxylic acids is 1. The molecule has 3 heterocycles. The van der Waals surface area contributed by atoms with Gasteiger partial charge in [-0.15, -0.1) is 0 Å². The van der Waals surface area contributed by atoms with Crippen LogP contribution in [0.15, 0.2) is 47.9 Å². The summed E-state index contributed by atoms with van der Waals surface area (Å²) in [5.41, 5.74) is 2.11. The van der Waals surface area contributed by atoms with Crippen LogP contribution in [0.4, 0.5) is 0 Å². The number of aromatic amines is 1. The predicted octanol–water partition coefficient (Wildman–Crippen LogP) is 1.74. The third-order valence-electron chi connectivity index (χ3n) is 5.08. The van der Waals surface area contributed by atoms with Crippen LogP contribution in [-0.2, 0) is 6.54 Å². The van der Waals surface area contributed by atoms with Crippen LogP contribution in [0.25, 0.3) is 0 Å². The Hall–Kier alpha value is -3.29. The van der Waals surface area contributed by atoms with Gasteiger partial charge in [-0.3, -0.25) is 9.59 Å². The summed E-state index contributed by atoms with van der Waals surface area (Å²) in [7, 11) is 0. The van der Waals surface area contributed by atoms with E-state index in [0.29, 0.717) is 25.5 Å². The fourth-order valence-electron chi connectivity index (χ4n) is 3.66. The van der Waals surface area contributed by atoms with Gasteiger partial charge in [0.1, 0.15) is 30.6 Å². The summed E-state index contributed by atoms with van der Waals surface area (Å²) >= 11 is 0. The van der Waals surface area contributed by atoms with Crippen LogP contribution in [0, 0.1) is 6.92 Å². The van der Waals surface area contributed by atoms with Gasteiger partial charge in [-0.2, -0.15) is 5.10 Å². The van der Waals surface area contributed by atoms with E-state index in [0.717, 1.165) is 12.8 Å². The van der Waals surface area contributed by atoms with Crippen molar-refractivity contribution in [2.75, 3.05) is 13.1 Å². The van der Waals surface area contributed by atoms with Crippen LogP contribution < -0.4 is 5.56 Å². The minimum absolute atomic E-state index is 0.0761. The van der Waals surface area contributed by atoms with Gasteiger partial charge < -0.3 is 9.88 Å². The molecule has 0 radical (unpaired) electrons. The van der Waals surface area contributed by atoms with Crippen molar-refractivity contribution in [1.82, 2.24) is 29.6 Å². The molecule has 0 bridgehead atoms. The molecular formula is C20H22N6O2. The van der Waals surface area contributed by atoms with E-state index in [-0.39, 0.29) is 17.4 Å². The Morgan fingerprint density at radius 1 is 1.36 bits per heavy atom. The summed E-state index contributed by atoms with van der Waals surface area (Å²) in [5.74, 6) is 0.456. The number of likely N-dealkylation sites (tertiary alicyclic amines) is 1. The number of nitrogens with one attached hydrogen (secondary N) is 1. The topological polar surface area (TPSA) is 96.8 Å². The molecule has 0 saturated carbocycles. The molecule has 144 valence electrons. The number of hydrogen-bond donors (Lipinski definition) is 1. The van der Waals surface area contributed by atoms with Crippen LogP contribution in [-0.4, -0.2) is 48.6 Å². The number of benzene rings is 1. The lowest BCUT2D eigenvalue weighted by Crippen LogP contribution is -2.41. The molecule has 3 aromatic rings. The predicted molar refractivity (Wildman–Crippen MR) is 103 cm³/mol. The zero-order valence-electron chi connectivity index (χ0n) is 15.7. The molecule has 1 saturated heterocycles. The van der Waals surface area contributed by atoms with Gasteiger partial charge in [-0.05, 0) is 25.3 Å². The smallest absolute Gasteiger partial charge is 0.263 e. The van der Waals surface area contributed by atoms with Crippen molar-refractivity contribution in [3.05, 3.63) is 76.0 Å². The Morgan fingerprint density at radius 2 is 2.25 bits per heavy atom. The van der Waals surface area contributed by atoms with Crippen molar-refractivity contribution in [3.63, 3.8) is 0 Å². The normalized spacial score (nSPS) is 16.9. The third-order valence-corrected chi connectivity index (χ3v) is 5.08. The van der Waals surface area contributed by atoms with Gasteiger partial charge in [0, 0.05) is 25.2 Å². The highest BCUT2D eigenvalue weighted by Gasteiger charge is 2.27. The number of aryl methyl sites for hydroxylation is 1.